The fourth-order valence-corrected chi connectivity index (χ4v) is 1.95. The second kappa shape index (κ2) is 6.32. The molecule has 1 heterocycles. The lowest BCUT2D eigenvalue weighted by atomic mass is 10.1. The smallest absolute Gasteiger partial charge is 0.416 e. The molecule has 0 aliphatic rings. The summed E-state index contributed by atoms with van der Waals surface area (Å²) in [4.78, 5) is 0. The van der Waals surface area contributed by atoms with E-state index in [0.29, 0.717) is 12.3 Å². The summed E-state index contributed by atoms with van der Waals surface area (Å²) in [6, 6.07) is 8.33. The number of aliphatic hydroxyl groups is 1. The van der Waals surface area contributed by atoms with Crippen molar-refractivity contribution < 1.29 is 22.7 Å². The van der Waals surface area contributed by atoms with Crippen LogP contribution in [0.2, 0.25) is 0 Å². The van der Waals surface area contributed by atoms with Crippen LogP contribution < -0.4 is 5.32 Å². The Morgan fingerprint density at radius 3 is 2.62 bits per heavy atom. The number of alkyl halides is 3. The Hall–Kier alpha value is -1.79. The van der Waals surface area contributed by atoms with Gasteiger partial charge in [0.05, 0.1) is 18.2 Å². The number of halogens is 3. The van der Waals surface area contributed by atoms with Crippen molar-refractivity contribution >= 4 is 0 Å². The van der Waals surface area contributed by atoms with E-state index in [1.54, 1.807) is 6.07 Å². The topological polar surface area (TPSA) is 45.4 Å². The fraction of sp³-hybridized carbons (Fsp3) is 0.333. The summed E-state index contributed by atoms with van der Waals surface area (Å²) in [6.07, 6.45) is -5.42. The molecule has 3 nitrogen and oxygen atoms in total. The second-order valence-corrected chi connectivity index (χ2v) is 4.78. The van der Waals surface area contributed by atoms with Crippen LogP contribution >= 0.6 is 0 Å². The van der Waals surface area contributed by atoms with Crippen LogP contribution in [0.3, 0.4) is 0 Å². The molecule has 1 aromatic carbocycles. The van der Waals surface area contributed by atoms with E-state index in [2.05, 4.69) is 5.32 Å². The number of aliphatic hydroxyl groups excluding tert-OH is 1. The lowest BCUT2D eigenvalue weighted by Crippen LogP contribution is -2.21. The minimum Gasteiger partial charge on any atom is -0.465 e. The largest absolute Gasteiger partial charge is 0.465 e. The summed E-state index contributed by atoms with van der Waals surface area (Å²) in [5.74, 6) is 1.49. The van der Waals surface area contributed by atoms with E-state index in [4.69, 9.17) is 4.42 Å². The molecule has 0 fully saturated rings. The Morgan fingerprint density at radius 1 is 1.24 bits per heavy atom. The Morgan fingerprint density at radius 2 is 2.00 bits per heavy atom. The molecule has 114 valence electrons. The van der Waals surface area contributed by atoms with Crippen molar-refractivity contribution in [3.63, 3.8) is 0 Å². The zero-order valence-electron chi connectivity index (χ0n) is 11.4. The van der Waals surface area contributed by atoms with Gasteiger partial charge in [-0.1, -0.05) is 12.1 Å². The predicted molar refractivity (Wildman–Crippen MR) is 71.6 cm³/mol. The maximum Gasteiger partial charge on any atom is 0.416 e. The van der Waals surface area contributed by atoms with Gasteiger partial charge in [0.25, 0.3) is 0 Å². The fourth-order valence-electron chi connectivity index (χ4n) is 1.95. The highest BCUT2D eigenvalue weighted by atomic mass is 19.4. The van der Waals surface area contributed by atoms with E-state index in [0.717, 1.165) is 17.9 Å². The van der Waals surface area contributed by atoms with Gasteiger partial charge in [-0.15, -0.1) is 0 Å². The lowest BCUT2D eigenvalue weighted by Gasteiger charge is -2.14. The molecule has 0 amide bonds. The van der Waals surface area contributed by atoms with Gasteiger partial charge in [-0.3, -0.25) is 0 Å². The van der Waals surface area contributed by atoms with Gasteiger partial charge in [0, 0.05) is 6.54 Å². The van der Waals surface area contributed by atoms with Crippen LogP contribution in [0.4, 0.5) is 13.2 Å². The molecule has 21 heavy (non-hydrogen) atoms. The van der Waals surface area contributed by atoms with Gasteiger partial charge in [0.1, 0.15) is 11.5 Å². The molecule has 1 unspecified atom stereocenters. The Balaban J connectivity index is 1.92. The zero-order valence-corrected chi connectivity index (χ0v) is 11.4. The normalized spacial score (nSPS) is 13.4. The summed E-state index contributed by atoms with van der Waals surface area (Å²) in [7, 11) is 0. The predicted octanol–water partition coefficient (Wildman–Crippen LogP) is 3.43. The third-order valence-electron chi connectivity index (χ3n) is 3.03. The lowest BCUT2D eigenvalue weighted by molar-refractivity contribution is -0.137. The number of aryl methyl sites for hydroxylation is 1. The number of benzene rings is 1. The average Bonchev–Trinajstić information content (AvgIpc) is 2.83. The van der Waals surface area contributed by atoms with Crippen LogP contribution in [-0.4, -0.2) is 11.7 Å². The maximum atomic E-state index is 12.6. The van der Waals surface area contributed by atoms with Crippen LogP contribution in [0.15, 0.2) is 40.8 Å². The van der Waals surface area contributed by atoms with E-state index in [-0.39, 0.29) is 12.1 Å². The van der Waals surface area contributed by atoms with E-state index >= 15 is 0 Å². The van der Waals surface area contributed by atoms with Gasteiger partial charge in [0.2, 0.25) is 0 Å². The first kappa shape index (κ1) is 15.6. The summed E-state index contributed by atoms with van der Waals surface area (Å²) in [6.45, 7) is 2.37. The van der Waals surface area contributed by atoms with E-state index in [9.17, 15) is 18.3 Å². The second-order valence-electron chi connectivity index (χ2n) is 4.78. The van der Waals surface area contributed by atoms with Crippen LogP contribution in [0, 0.1) is 6.92 Å². The van der Waals surface area contributed by atoms with E-state index in [1.807, 2.05) is 13.0 Å². The molecule has 6 heteroatoms. The number of rotatable bonds is 5. The van der Waals surface area contributed by atoms with Gasteiger partial charge in [-0.05, 0) is 36.8 Å². The zero-order chi connectivity index (χ0) is 15.5. The molecule has 1 aromatic heterocycles. The van der Waals surface area contributed by atoms with Crippen LogP contribution in [0.25, 0.3) is 0 Å². The minimum absolute atomic E-state index is 0.140. The SMILES string of the molecule is Cc1ccc(CNCC(O)c2cccc(C(F)(F)F)c2)o1. The first-order valence-corrected chi connectivity index (χ1v) is 6.47. The summed E-state index contributed by atoms with van der Waals surface area (Å²) >= 11 is 0. The molecule has 0 saturated heterocycles. The van der Waals surface area contributed by atoms with E-state index < -0.39 is 17.8 Å². The highest BCUT2D eigenvalue weighted by molar-refractivity contribution is 5.27. The number of hydrogen-bond acceptors (Lipinski definition) is 3. The molecule has 0 radical (unpaired) electrons. The number of nitrogens with one attached hydrogen (secondary N) is 1. The molecular formula is C15H16F3NO2. The van der Waals surface area contributed by atoms with Crippen molar-refractivity contribution in [1.29, 1.82) is 0 Å². The molecule has 2 rings (SSSR count). The molecule has 2 aromatic rings. The molecule has 0 aliphatic carbocycles. The Kier molecular flexibility index (Phi) is 4.69. The average molecular weight is 299 g/mol. The van der Waals surface area contributed by atoms with Crippen molar-refractivity contribution in [2.45, 2.75) is 25.7 Å². The molecule has 0 spiro atoms. The Bertz CT molecular complexity index is 593. The molecule has 0 saturated carbocycles. The van der Waals surface area contributed by atoms with Crippen molar-refractivity contribution in [1.82, 2.24) is 5.32 Å². The molecule has 0 aliphatic heterocycles. The van der Waals surface area contributed by atoms with E-state index in [1.165, 1.54) is 12.1 Å². The maximum absolute atomic E-state index is 12.6. The van der Waals surface area contributed by atoms with Crippen LogP contribution in [0.5, 0.6) is 0 Å². The molecular weight excluding hydrogens is 283 g/mol. The van der Waals surface area contributed by atoms with Crippen LogP contribution in [-0.2, 0) is 12.7 Å². The van der Waals surface area contributed by atoms with Crippen molar-refractivity contribution in [3.8, 4) is 0 Å². The standard InChI is InChI=1S/C15H16F3NO2/c1-10-5-6-13(21-10)8-19-9-14(20)11-3-2-4-12(7-11)15(16,17)18/h2-7,14,19-20H,8-9H2,1H3. The van der Waals surface area contributed by atoms with Crippen molar-refractivity contribution in [3.05, 3.63) is 59.0 Å². The highest BCUT2D eigenvalue weighted by Gasteiger charge is 2.30. The number of hydrogen-bond donors (Lipinski definition) is 2. The Labute approximate surface area is 120 Å². The van der Waals surface area contributed by atoms with Crippen molar-refractivity contribution in [2.24, 2.45) is 0 Å². The van der Waals surface area contributed by atoms with Gasteiger partial charge in [-0.25, -0.2) is 0 Å². The van der Waals surface area contributed by atoms with Gasteiger partial charge in [-0.2, -0.15) is 13.2 Å². The van der Waals surface area contributed by atoms with Gasteiger partial charge in [0.15, 0.2) is 0 Å². The summed E-state index contributed by atoms with van der Waals surface area (Å²) in [5.41, 5.74) is -0.534. The first-order valence-electron chi connectivity index (χ1n) is 6.47. The summed E-state index contributed by atoms with van der Waals surface area (Å²) in [5, 5.41) is 12.9. The molecule has 0 bridgehead atoms. The third kappa shape index (κ3) is 4.34. The van der Waals surface area contributed by atoms with Gasteiger partial charge < -0.3 is 14.8 Å². The highest BCUT2D eigenvalue weighted by Crippen LogP contribution is 2.30. The third-order valence-corrected chi connectivity index (χ3v) is 3.03. The van der Waals surface area contributed by atoms with Crippen molar-refractivity contribution in [2.75, 3.05) is 6.54 Å². The summed E-state index contributed by atoms with van der Waals surface area (Å²) < 4.78 is 43.1. The van der Waals surface area contributed by atoms with Crippen LogP contribution in [0.1, 0.15) is 28.8 Å². The monoisotopic (exact) mass is 299 g/mol. The quantitative estimate of drug-likeness (QED) is 0.889. The minimum atomic E-state index is -4.41. The van der Waals surface area contributed by atoms with Gasteiger partial charge >= 0.3 is 6.18 Å². The number of furan rings is 1. The molecule has 1 atom stereocenters. The molecule has 2 N–H and O–H groups in total. The first-order chi connectivity index (χ1) is 9.86.